The van der Waals surface area contributed by atoms with Crippen molar-refractivity contribution in [1.29, 1.82) is 0 Å². The lowest BCUT2D eigenvalue weighted by atomic mass is 9.99. The smallest absolute Gasteiger partial charge is 0.273 e. The Morgan fingerprint density at radius 1 is 0.861 bits per heavy atom. The minimum Gasteiger partial charge on any atom is -0.468 e. The molecule has 0 aliphatic rings. The van der Waals surface area contributed by atoms with Crippen LogP contribution >= 0.6 is 0 Å². The molecule has 4 aromatic rings. The largest absolute Gasteiger partial charge is 0.468 e. The summed E-state index contributed by atoms with van der Waals surface area (Å²) in [5.74, 6) is -2.40. The molecule has 1 heterocycles. The van der Waals surface area contributed by atoms with Gasteiger partial charge < -0.3 is 4.74 Å². The van der Waals surface area contributed by atoms with Crippen LogP contribution < -0.4 is 4.74 Å². The summed E-state index contributed by atoms with van der Waals surface area (Å²) < 4.78 is 33.7. The number of rotatable bonds is 10. The molecule has 0 saturated heterocycles. The van der Waals surface area contributed by atoms with Crippen molar-refractivity contribution in [2.24, 2.45) is 0 Å². The number of carbonyl (C=O) groups excluding carboxylic acids is 1. The summed E-state index contributed by atoms with van der Waals surface area (Å²) in [6, 6.07) is 23.5. The third-order valence-corrected chi connectivity index (χ3v) is 6.07. The average Bonchev–Trinajstić information content (AvgIpc) is 2.90. The van der Waals surface area contributed by atoms with E-state index in [0.717, 1.165) is 22.3 Å². The third-order valence-electron chi connectivity index (χ3n) is 6.07. The highest BCUT2D eigenvalue weighted by atomic mass is 19.3. The number of ketones is 1. The zero-order valence-electron chi connectivity index (χ0n) is 20.3. The lowest BCUT2D eigenvalue weighted by Crippen LogP contribution is -2.12. The highest BCUT2D eigenvalue weighted by Crippen LogP contribution is 2.32. The first-order valence-corrected chi connectivity index (χ1v) is 12.0. The second-order valence-corrected chi connectivity index (χ2v) is 8.72. The Morgan fingerprint density at radius 2 is 1.44 bits per heavy atom. The maximum atomic E-state index is 13.8. The van der Waals surface area contributed by atoms with E-state index in [9.17, 15) is 13.6 Å². The first kappa shape index (κ1) is 25.2. The van der Waals surface area contributed by atoms with Gasteiger partial charge in [-0.1, -0.05) is 85.8 Å². The minimum atomic E-state index is -2.85. The summed E-state index contributed by atoms with van der Waals surface area (Å²) in [6.45, 7) is 3.41. The van der Waals surface area contributed by atoms with Crippen molar-refractivity contribution in [2.75, 3.05) is 0 Å². The molecule has 0 unspecified atom stereocenters. The van der Waals surface area contributed by atoms with Gasteiger partial charge in [0.25, 0.3) is 5.92 Å². The highest BCUT2D eigenvalue weighted by molar-refractivity contribution is 5.83. The zero-order valence-corrected chi connectivity index (χ0v) is 20.3. The number of alkyl halides is 2. The van der Waals surface area contributed by atoms with E-state index in [1.54, 1.807) is 24.5 Å². The van der Waals surface area contributed by atoms with E-state index in [1.165, 1.54) is 19.1 Å². The monoisotopic (exact) mass is 486 g/mol. The van der Waals surface area contributed by atoms with Crippen molar-refractivity contribution in [3.63, 3.8) is 0 Å². The fraction of sp³-hybridized carbons (Fsp3) is 0.233. The molecule has 0 amide bonds. The number of halogens is 2. The van der Waals surface area contributed by atoms with Gasteiger partial charge in [0, 0.05) is 42.8 Å². The summed E-state index contributed by atoms with van der Waals surface area (Å²) >= 11 is 0. The maximum Gasteiger partial charge on any atom is 0.273 e. The molecule has 0 spiro atoms. The Balaban J connectivity index is 1.41. The highest BCUT2D eigenvalue weighted by Gasteiger charge is 2.28. The number of hydrogen-bond acceptors (Lipinski definition) is 4. The molecule has 0 N–H and O–H groups in total. The van der Waals surface area contributed by atoms with E-state index in [2.05, 4.69) is 9.97 Å². The standard InChI is InChI=1S/C30H28F2N2O2/c1-3-30(31,32)26-15-11-23(12-16-26)20-27(35)19-22-9-13-25(14-10-22)28-29(34-18-17-33-28)36-21(2)24-7-5-4-6-8-24/h4-18,21H,3,19-20H2,1-2H3/t21-/m0/s1. The first-order valence-electron chi connectivity index (χ1n) is 12.0. The Morgan fingerprint density at radius 3 is 2.06 bits per heavy atom. The van der Waals surface area contributed by atoms with E-state index < -0.39 is 5.92 Å². The summed E-state index contributed by atoms with van der Waals surface area (Å²) in [4.78, 5) is 21.4. The van der Waals surface area contributed by atoms with Gasteiger partial charge in [-0.2, -0.15) is 0 Å². The number of nitrogens with zero attached hydrogens (tertiary/aromatic N) is 2. The zero-order chi connectivity index (χ0) is 25.5. The number of carbonyl (C=O) groups is 1. The predicted molar refractivity (Wildman–Crippen MR) is 136 cm³/mol. The quantitative estimate of drug-likeness (QED) is 0.239. The van der Waals surface area contributed by atoms with Gasteiger partial charge in [0.15, 0.2) is 0 Å². The molecule has 1 atom stereocenters. The van der Waals surface area contributed by atoms with Crippen molar-refractivity contribution in [3.05, 3.63) is 114 Å². The van der Waals surface area contributed by atoms with Crippen molar-refractivity contribution >= 4 is 5.78 Å². The normalized spacial score (nSPS) is 12.2. The van der Waals surface area contributed by atoms with Crippen LogP contribution in [0.25, 0.3) is 11.3 Å². The number of hydrogen-bond donors (Lipinski definition) is 0. The molecule has 6 heteroatoms. The summed E-state index contributed by atoms with van der Waals surface area (Å²) in [6.07, 6.45) is 3.21. The van der Waals surface area contributed by atoms with E-state index >= 15 is 0 Å². The fourth-order valence-electron chi connectivity index (χ4n) is 3.94. The molecule has 0 aliphatic heterocycles. The first-order chi connectivity index (χ1) is 17.4. The van der Waals surface area contributed by atoms with Crippen molar-refractivity contribution in [1.82, 2.24) is 9.97 Å². The number of Topliss-reactive ketones (excluding diaryl/α,β-unsaturated/α-hetero) is 1. The van der Waals surface area contributed by atoms with Crippen LogP contribution in [0.4, 0.5) is 8.78 Å². The lowest BCUT2D eigenvalue weighted by Gasteiger charge is -2.16. The third kappa shape index (κ3) is 6.19. The molecule has 0 aliphatic carbocycles. The van der Waals surface area contributed by atoms with Crippen LogP contribution in [-0.4, -0.2) is 15.8 Å². The summed E-state index contributed by atoms with van der Waals surface area (Å²) in [5.41, 5.74) is 4.06. The van der Waals surface area contributed by atoms with Crippen molar-refractivity contribution in [2.45, 2.75) is 45.1 Å². The van der Waals surface area contributed by atoms with E-state index in [0.29, 0.717) is 11.6 Å². The summed E-state index contributed by atoms with van der Waals surface area (Å²) in [5, 5.41) is 0. The lowest BCUT2D eigenvalue weighted by molar-refractivity contribution is -0.117. The molecule has 1 aromatic heterocycles. The Kier molecular flexibility index (Phi) is 7.84. The Labute approximate surface area is 210 Å². The molecule has 184 valence electrons. The Hall–Kier alpha value is -3.93. The van der Waals surface area contributed by atoms with Crippen LogP contribution in [0.2, 0.25) is 0 Å². The van der Waals surface area contributed by atoms with Crippen LogP contribution in [0.3, 0.4) is 0 Å². The second kappa shape index (κ2) is 11.2. The van der Waals surface area contributed by atoms with Crippen LogP contribution in [0.1, 0.15) is 48.6 Å². The van der Waals surface area contributed by atoms with Crippen LogP contribution in [0.5, 0.6) is 5.88 Å². The SMILES string of the molecule is CCC(F)(F)c1ccc(CC(=O)Cc2ccc(-c3nccnc3O[C@@H](C)c3ccccc3)cc2)cc1. The average molecular weight is 487 g/mol. The molecule has 4 rings (SSSR count). The van der Waals surface area contributed by atoms with Gasteiger partial charge in [-0.3, -0.25) is 4.79 Å². The molecule has 3 aromatic carbocycles. The van der Waals surface area contributed by atoms with Gasteiger partial charge in [-0.25, -0.2) is 18.7 Å². The molecule has 0 fully saturated rings. The summed E-state index contributed by atoms with van der Waals surface area (Å²) in [7, 11) is 0. The second-order valence-electron chi connectivity index (χ2n) is 8.72. The molecule has 0 radical (unpaired) electrons. The van der Waals surface area contributed by atoms with Gasteiger partial charge in [-0.15, -0.1) is 0 Å². The van der Waals surface area contributed by atoms with Gasteiger partial charge in [0.05, 0.1) is 0 Å². The van der Waals surface area contributed by atoms with Gasteiger partial charge in [0.2, 0.25) is 5.88 Å². The molecule has 0 bridgehead atoms. The molecule has 0 saturated carbocycles. The number of aromatic nitrogens is 2. The molecule has 36 heavy (non-hydrogen) atoms. The molecular formula is C30H28F2N2O2. The molecule has 4 nitrogen and oxygen atoms in total. The van der Waals surface area contributed by atoms with E-state index in [1.807, 2.05) is 61.5 Å². The van der Waals surface area contributed by atoms with E-state index in [4.69, 9.17) is 4.74 Å². The van der Waals surface area contributed by atoms with Crippen molar-refractivity contribution < 1.29 is 18.3 Å². The fourth-order valence-corrected chi connectivity index (χ4v) is 3.94. The van der Waals surface area contributed by atoms with E-state index in [-0.39, 0.29) is 36.7 Å². The van der Waals surface area contributed by atoms with Crippen LogP contribution in [0.15, 0.2) is 91.3 Å². The topological polar surface area (TPSA) is 52.1 Å². The number of ether oxygens (including phenoxy) is 1. The van der Waals surface area contributed by atoms with Gasteiger partial charge in [-0.05, 0) is 23.6 Å². The minimum absolute atomic E-state index is 0.0120. The van der Waals surface area contributed by atoms with Crippen molar-refractivity contribution in [3.8, 4) is 17.1 Å². The maximum absolute atomic E-state index is 13.8. The number of benzene rings is 3. The van der Waals surface area contributed by atoms with Gasteiger partial charge in [0.1, 0.15) is 17.6 Å². The molecular weight excluding hydrogens is 458 g/mol. The Bertz CT molecular complexity index is 1290. The predicted octanol–water partition coefficient (Wildman–Crippen LogP) is 7.14. The van der Waals surface area contributed by atoms with Crippen LogP contribution in [-0.2, 0) is 23.6 Å². The van der Waals surface area contributed by atoms with Crippen LogP contribution in [0, 0.1) is 0 Å². The van der Waals surface area contributed by atoms with Gasteiger partial charge >= 0.3 is 0 Å².